The van der Waals surface area contributed by atoms with E-state index in [1.54, 1.807) is 21.4 Å². The van der Waals surface area contributed by atoms with Crippen molar-refractivity contribution in [2.45, 2.75) is 6.54 Å². The van der Waals surface area contributed by atoms with E-state index in [-0.39, 0.29) is 17.0 Å². The smallest absolute Gasteiger partial charge is 0.355 e. The van der Waals surface area contributed by atoms with Crippen LogP contribution >= 0.6 is 34.3 Å². The second-order valence-electron chi connectivity index (χ2n) is 5.09. The Hall–Kier alpha value is -2.22. The maximum absolute atomic E-state index is 12.8. The van der Waals surface area contributed by atoms with Crippen molar-refractivity contribution in [3.8, 4) is 17.0 Å². The molecule has 4 rings (SSSR count). The first-order chi connectivity index (χ1) is 11.6. The molecule has 0 aliphatic heterocycles. The number of aromatic nitrogens is 3. The number of aromatic hydroxyl groups is 1. The minimum atomic E-state index is -0.242. The number of nitrogens with zero attached hydrogens (tertiary/aromatic N) is 3. The van der Waals surface area contributed by atoms with Gasteiger partial charge in [-0.2, -0.15) is 8.97 Å². The third kappa shape index (κ3) is 2.50. The zero-order chi connectivity index (χ0) is 16.7. The average molecular weight is 377 g/mol. The first-order valence-electron chi connectivity index (χ1n) is 7.05. The number of hydrogen-bond donors (Lipinski definition) is 1. The molecule has 120 valence electrons. The van der Waals surface area contributed by atoms with Gasteiger partial charge in [-0.25, -0.2) is 9.78 Å². The van der Waals surface area contributed by atoms with Crippen LogP contribution in [0.2, 0.25) is 4.47 Å². The zero-order valence-electron chi connectivity index (χ0n) is 12.2. The monoisotopic (exact) mass is 376 g/mol. The van der Waals surface area contributed by atoms with Gasteiger partial charge in [-0.1, -0.05) is 53.3 Å². The Morgan fingerprint density at radius 1 is 1.29 bits per heavy atom. The van der Waals surface area contributed by atoms with Crippen LogP contribution in [0.3, 0.4) is 0 Å². The van der Waals surface area contributed by atoms with Crippen molar-refractivity contribution in [3.63, 3.8) is 0 Å². The highest BCUT2D eigenvalue weighted by Gasteiger charge is 2.26. The van der Waals surface area contributed by atoms with Gasteiger partial charge in [0.1, 0.15) is 12.7 Å². The van der Waals surface area contributed by atoms with Crippen LogP contribution in [-0.2, 0) is 6.54 Å². The molecule has 5 nitrogen and oxygen atoms in total. The predicted molar refractivity (Wildman–Crippen MR) is 95.1 cm³/mol. The fraction of sp³-hybridized carbons (Fsp3) is 0.0625. The second kappa shape index (κ2) is 6.01. The van der Waals surface area contributed by atoms with E-state index in [1.807, 2.05) is 35.7 Å². The van der Waals surface area contributed by atoms with E-state index in [2.05, 4.69) is 4.98 Å². The van der Waals surface area contributed by atoms with E-state index in [0.29, 0.717) is 21.5 Å². The van der Waals surface area contributed by atoms with Crippen molar-refractivity contribution in [3.05, 3.63) is 67.8 Å². The molecule has 4 aromatic rings. The van der Waals surface area contributed by atoms with Crippen LogP contribution in [0.4, 0.5) is 0 Å². The number of halogens is 1. The Morgan fingerprint density at radius 3 is 2.79 bits per heavy atom. The Bertz CT molecular complexity index is 1090. The van der Waals surface area contributed by atoms with Gasteiger partial charge in [0.25, 0.3) is 5.88 Å². The molecule has 1 aromatic carbocycles. The summed E-state index contributed by atoms with van der Waals surface area (Å²) in [4.78, 5) is 18.4. The molecule has 1 N–H and O–H groups in total. The standard InChI is InChI=1S/C16H10ClN3O2S2/c17-15-18-8-11(24-15)9-20-14(22)12(10-4-2-1-3-5-10)13(21)19-6-7-23-16(19)20/h1-8H,9H2/p+1. The third-order valence-corrected chi connectivity index (χ3v) is 5.62. The molecule has 0 spiro atoms. The molecule has 0 saturated heterocycles. The van der Waals surface area contributed by atoms with Crippen LogP contribution in [0.25, 0.3) is 16.1 Å². The lowest BCUT2D eigenvalue weighted by atomic mass is 10.1. The summed E-state index contributed by atoms with van der Waals surface area (Å²) in [7, 11) is 0. The van der Waals surface area contributed by atoms with Crippen molar-refractivity contribution in [2.75, 3.05) is 0 Å². The summed E-state index contributed by atoms with van der Waals surface area (Å²) in [5.74, 6) is -0.0572. The Morgan fingerprint density at radius 2 is 2.08 bits per heavy atom. The van der Waals surface area contributed by atoms with Crippen molar-refractivity contribution in [1.29, 1.82) is 0 Å². The molecule has 0 saturated carbocycles. The number of hydrogen-bond acceptors (Lipinski definition) is 5. The molecule has 0 radical (unpaired) electrons. The van der Waals surface area contributed by atoms with Crippen molar-refractivity contribution in [2.24, 2.45) is 0 Å². The van der Waals surface area contributed by atoms with E-state index in [4.69, 9.17) is 11.6 Å². The van der Waals surface area contributed by atoms with Gasteiger partial charge < -0.3 is 5.11 Å². The second-order valence-corrected chi connectivity index (χ2v) is 7.66. The van der Waals surface area contributed by atoms with Gasteiger partial charge in [-0.05, 0) is 5.56 Å². The van der Waals surface area contributed by atoms with Gasteiger partial charge >= 0.3 is 10.5 Å². The zero-order valence-corrected chi connectivity index (χ0v) is 14.6. The quantitative estimate of drug-likeness (QED) is 0.559. The Labute approximate surface area is 149 Å². The Balaban J connectivity index is 1.99. The Kier molecular flexibility index (Phi) is 3.84. The van der Waals surface area contributed by atoms with Gasteiger partial charge in [0.05, 0.1) is 4.88 Å². The lowest BCUT2D eigenvalue weighted by Gasteiger charge is -2.07. The molecule has 0 bridgehead atoms. The molecule has 0 aliphatic carbocycles. The average Bonchev–Trinajstić information content (AvgIpc) is 3.22. The number of rotatable bonds is 3. The molecular weight excluding hydrogens is 366 g/mol. The highest BCUT2D eigenvalue weighted by molar-refractivity contribution is 7.15. The van der Waals surface area contributed by atoms with Crippen LogP contribution in [0.5, 0.6) is 5.88 Å². The molecule has 8 heteroatoms. The first-order valence-corrected chi connectivity index (χ1v) is 9.13. The van der Waals surface area contributed by atoms with Crippen molar-refractivity contribution in [1.82, 2.24) is 9.55 Å². The molecule has 0 atom stereocenters. The summed E-state index contributed by atoms with van der Waals surface area (Å²) in [6.45, 7) is 0.389. The summed E-state index contributed by atoms with van der Waals surface area (Å²) in [5.41, 5.74) is 0.715. The number of fused-ring (bicyclic) bond motifs is 1. The van der Waals surface area contributed by atoms with Crippen LogP contribution in [0, 0.1) is 0 Å². The predicted octanol–water partition coefficient (Wildman–Crippen LogP) is 3.18. The van der Waals surface area contributed by atoms with Crippen LogP contribution < -0.4 is 9.96 Å². The summed E-state index contributed by atoms with van der Waals surface area (Å²) < 4.78 is 3.71. The molecular formula is C16H11ClN3O2S2+. The SMILES string of the molecule is O=c1c(-c2ccccc2)c(O)n(Cc2cnc(Cl)s2)c2scc[n+]12. The lowest BCUT2D eigenvalue weighted by molar-refractivity contribution is -0.527. The summed E-state index contributed by atoms with van der Waals surface area (Å²) in [6.07, 6.45) is 3.39. The summed E-state index contributed by atoms with van der Waals surface area (Å²) >= 11 is 8.64. The van der Waals surface area contributed by atoms with E-state index in [0.717, 1.165) is 4.88 Å². The molecule has 0 aliphatic rings. The summed E-state index contributed by atoms with van der Waals surface area (Å²) in [6, 6.07) is 9.16. The molecule has 3 heterocycles. The van der Waals surface area contributed by atoms with E-state index in [1.165, 1.54) is 22.7 Å². The largest absolute Gasteiger partial charge is 0.477 e. The normalized spacial score (nSPS) is 11.2. The fourth-order valence-electron chi connectivity index (χ4n) is 2.58. The van der Waals surface area contributed by atoms with Crippen molar-refractivity contribution >= 4 is 39.2 Å². The van der Waals surface area contributed by atoms with Crippen molar-refractivity contribution < 1.29 is 9.51 Å². The maximum Gasteiger partial charge on any atom is 0.355 e. The fourth-order valence-corrected chi connectivity index (χ4v) is 4.38. The number of benzene rings is 1. The van der Waals surface area contributed by atoms with Crippen LogP contribution in [0.15, 0.2) is 52.9 Å². The lowest BCUT2D eigenvalue weighted by Crippen LogP contribution is -2.41. The van der Waals surface area contributed by atoms with Crippen LogP contribution in [0.1, 0.15) is 4.88 Å². The molecule has 0 amide bonds. The van der Waals surface area contributed by atoms with E-state index >= 15 is 0 Å². The number of thiazole rings is 2. The van der Waals surface area contributed by atoms with E-state index in [9.17, 15) is 9.90 Å². The van der Waals surface area contributed by atoms with Gasteiger partial charge in [0, 0.05) is 11.6 Å². The minimum absolute atomic E-state index is 0.0572. The van der Waals surface area contributed by atoms with Crippen LogP contribution in [-0.4, -0.2) is 14.7 Å². The third-order valence-electron chi connectivity index (χ3n) is 3.63. The molecule has 0 unspecified atom stereocenters. The molecule has 3 aromatic heterocycles. The molecule has 0 fully saturated rings. The summed E-state index contributed by atoms with van der Waals surface area (Å²) in [5, 5.41) is 12.6. The highest BCUT2D eigenvalue weighted by atomic mass is 35.5. The first kappa shape index (κ1) is 15.3. The molecule has 24 heavy (non-hydrogen) atoms. The van der Waals surface area contributed by atoms with Gasteiger partial charge in [0.15, 0.2) is 10.0 Å². The topological polar surface area (TPSA) is 59.2 Å². The van der Waals surface area contributed by atoms with Gasteiger partial charge in [0.2, 0.25) is 0 Å². The van der Waals surface area contributed by atoms with E-state index < -0.39 is 0 Å². The van der Waals surface area contributed by atoms with Gasteiger partial charge in [-0.15, -0.1) is 11.3 Å². The maximum atomic E-state index is 12.8. The highest BCUT2D eigenvalue weighted by Crippen LogP contribution is 2.29. The van der Waals surface area contributed by atoms with Gasteiger partial charge in [-0.3, -0.25) is 0 Å². The minimum Gasteiger partial charge on any atom is -0.477 e.